The quantitative estimate of drug-likeness (QED) is 0.441. The highest BCUT2D eigenvalue weighted by Gasteiger charge is 2.31. The zero-order valence-corrected chi connectivity index (χ0v) is 19.2. The fourth-order valence-corrected chi connectivity index (χ4v) is 3.81. The molecule has 0 saturated heterocycles. The minimum atomic E-state index is -4.55. The molecular weight excluding hydrogens is 471 g/mol. The van der Waals surface area contributed by atoms with E-state index in [9.17, 15) is 22.8 Å². The average molecular weight is 491 g/mol. The minimum Gasteiger partial charge on any atom is -0.497 e. The van der Waals surface area contributed by atoms with Crippen molar-refractivity contribution in [3.05, 3.63) is 65.2 Å². The summed E-state index contributed by atoms with van der Waals surface area (Å²) in [5.74, 6) is -0.00528. The Bertz CT molecular complexity index is 1220. The summed E-state index contributed by atoms with van der Waals surface area (Å²) in [6, 6.07) is 9.36. The van der Waals surface area contributed by atoms with Crippen molar-refractivity contribution in [3.8, 4) is 11.5 Å². The summed E-state index contributed by atoms with van der Waals surface area (Å²) in [7, 11) is 2.96. The Morgan fingerprint density at radius 1 is 1.12 bits per heavy atom. The first-order valence-electron chi connectivity index (χ1n) is 9.77. The van der Waals surface area contributed by atoms with Gasteiger partial charge in [-0.2, -0.15) is 13.2 Å². The number of nitrogens with zero attached hydrogens (tertiary/aromatic N) is 2. The van der Waals surface area contributed by atoms with Crippen LogP contribution in [-0.4, -0.2) is 31.0 Å². The fraction of sp³-hybridized carbons (Fsp3) is 0.174. The van der Waals surface area contributed by atoms with Gasteiger partial charge in [0.15, 0.2) is 5.13 Å². The minimum absolute atomic E-state index is 0.0371. The van der Waals surface area contributed by atoms with Crippen LogP contribution in [0.15, 0.2) is 53.9 Å². The molecule has 0 radical (unpaired) electrons. The van der Waals surface area contributed by atoms with Crippen molar-refractivity contribution in [2.45, 2.75) is 13.1 Å². The molecule has 0 aliphatic heterocycles. The number of alkyl halides is 3. The van der Waals surface area contributed by atoms with Crippen LogP contribution in [0.1, 0.15) is 18.2 Å². The molecule has 0 unspecified atom stereocenters. The number of carbonyl (C=O) groups is 2. The summed E-state index contributed by atoms with van der Waals surface area (Å²) in [6.07, 6.45) is -1.89. The maximum absolute atomic E-state index is 13.1. The summed E-state index contributed by atoms with van der Waals surface area (Å²) >= 11 is 1.05. The summed E-state index contributed by atoms with van der Waals surface area (Å²) in [5.41, 5.74) is -0.0821. The molecule has 1 heterocycles. The Labute approximate surface area is 197 Å². The average Bonchev–Trinajstić information content (AvgIpc) is 3.25. The van der Waals surface area contributed by atoms with Crippen LogP contribution in [0.4, 0.5) is 29.7 Å². The largest absolute Gasteiger partial charge is 0.497 e. The number of nitrogens with one attached hydrogen (secondary N) is 1. The molecule has 178 valence electrons. The molecule has 0 aliphatic carbocycles. The van der Waals surface area contributed by atoms with E-state index in [1.54, 1.807) is 23.6 Å². The SMILES string of the molecule is COc1ccc(OC)c(NC(=O)/C=C/c2csc(N(C(C)=O)c3cccc(C(F)(F)F)c3)n2)c1. The fourth-order valence-electron chi connectivity index (χ4n) is 2.95. The Morgan fingerprint density at radius 2 is 1.88 bits per heavy atom. The van der Waals surface area contributed by atoms with E-state index in [4.69, 9.17) is 9.47 Å². The zero-order chi connectivity index (χ0) is 24.9. The number of aromatic nitrogens is 1. The van der Waals surface area contributed by atoms with Crippen LogP contribution >= 0.6 is 11.3 Å². The van der Waals surface area contributed by atoms with Crippen molar-refractivity contribution in [2.75, 3.05) is 24.4 Å². The van der Waals surface area contributed by atoms with E-state index in [0.29, 0.717) is 22.9 Å². The van der Waals surface area contributed by atoms with Gasteiger partial charge in [-0.1, -0.05) is 6.07 Å². The number of benzene rings is 2. The third kappa shape index (κ3) is 5.93. The molecule has 1 aromatic heterocycles. The van der Waals surface area contributed by atoms with E-state index >= 15 is 0 Å². The van der Waals surface area contributed by atoms with Crippen LogP contribution in [0.5, 0.6) is 11.5 Å². The number of rotatable bonds is 7. The molecule has 0 bridgehead atoms. The van der Waals surface area contributed by atoms with Crippen molar-refractivity contribution in [1.82, 2.24) is 4.98 Å². The van der Waals surface area contributed by atoms with E-state index in [1.807, 2.05) is 0 Å². The second-order valence-electron chi connectivity index (χ2n) is 6.85. The molecule has 0 saturated carbocycles. The number of halogens is 3. The van der Waals surface area contributed by atoms with E-state index in [2.05, 4.69) is 10.3 Å². The summed E-state index contributed by atoms with van der Waals surface area (Å²) in [5, 5.41) is 4.42. The zero-order valence-electron chi connectivity index (χ0n) is 18.3. The van der Waals surface area contributed by atoms with E-state index in [0.717, 1.165) is 28.4 Å². The summed E-state index contributed by atoms with van der Waals surface area (Å²) in [4.78, 5) is 29.9. The number of hydrogen-bond acceptors (Lipinski definition) is 6. The maximum Gasteiger partial charge on any atom is 0.416 e. The van der Waals surface area contributed by atoms with Crippen LogP contribution < -0.4 is 19.7 Å². The van der Waals surface area contributed by atoms with Gasteiger partial charge in [0.2, 0.25) is 11.8 Å². The maximum atomic E-state index is 13.1. The number of methoxy groups -OCH3 is 2. The molecule has 2 aromatic carbocycles. The first kappa shape index (κ1) is 24.8. The van der Waals surface area contributed by atoms with Crippen LogP contribution in [-0.2, 0) is 15.8 Å². The Balaban J connectivity index is 1.79. The molecule has 7 nitrogen and oxygen atoms in total. The Morgan fingerprint density at radius 3 is 2.53 bits per heavy atom. The molecule has 0 fully saturated rings. The van der Waals surface area contributed by atoms with Crippen molar-refractivity contribution in [3.63, 3.8) is 0 Å². The van der Waals surface area contributed by atoms with E-state index in [1.165, 1.54) is 45.4 Å². The van der Waals surface area contributed by atoms with Gasteiger partial charge in [0.25, 0.3) is 0 Å². The van der Waals surface area contributed by atoms with Crippen molar-refractivity contribution < 1.29 is 32.2 Å². The Kier molecular flexibility index (Phi) is 7.57. The van der Waals surface area contributed by atoms with Crippen molar-refractivity contribution in [1.29, 1.82) is 0 Å². The monoisotopic (exact) mass is 491 g/mol. The summed E-state index contributed by atoms with van der Waals surface area (Å²) in [6.45, 7) is 1.23. The second-order valence-corrected chi connectivity index (χ2v) is 7.68. The Hall–Kier alpha value is -3.86. The highest BCUT2D eigenvalue weighted by Crippen LogP contribution is 2.35. The van der Waals surface area contributed by atoms with Crippen LogP contribution in [0.3, 0.4) is 0 Å². The molecule has 34 heavy (non-hydrogen) atoms. The van der Waals surface area contributed by atoms with E-state index in [-0.39, 0.29) is 10.8 Å². The number of anilines is 3. The van der Waals surface area contributed by atoms with Crippen LogP contribution in [0.2, 0.25) is 0 Å². The van der Waals surface area contributed by atoms with Crippen LogP contribution in [0, 0.1) is 0 Å². The molecule has 0 aliphatic rings. The van der Waals surface area contributed by atoms with Gasteiger partial charge in [-0.15, -0.1) is 11.3 Å². The normalized spacial score (nSPS) is 11.4. The number of ether oxygens (including phenoxy) is 2. The summed E-state index contributed by atoms with van der Waals surface area (Å²) < 4.78 is 49.6. The van der Waals surface area contributed by atoms with Gasteiger partial charge in [0.05, 0.1) is 36.9 Å². The molecule has 0 spiro atoms. The van der Waals surface area contributed by atoms with Gasteiger partial charge in [0.1, 0.15) is 11.5 Å². The highest BCUT2D eigenvalue weighted by molar-refractivity contribution is 7.14. The molecule has 11 heteroatoms. The topological polar surface area (TPSA) is 80.8 Å². The molecule has 0 atom stereocenters. The van der Waals surface area contributed by atoms with Crippen molar-refractivity contribution in [2.24, 2.45) is 0 Å². The van der Waals surface area contributed by atoms with Gasteiger partial charge in [0, 0.05) is 24.4 Å². The van der Waals surface area contributed by atoms with Crippen LogP contribution in [0.25, 0.3) is 6.08 Å². The predicted molar refractivity (Wildman–Crippen MR) is 124 cm³/mol. The molecule has 3 rings (SSSR count). The van der Waals surface area contributed by atoms with Gasteiger partial charge >= 0.3 is 6.18 Å². The molecule has 1 N–H and O–H groups in total. The van der Waals surface area contributed by atoms with Gasteiger partial charge < -0.3 is 14.8 Å². The number of carbonyl (C=O) groups excluding carboxylic acids is 2. The lowest BCUT2D eigenvalue weighted by atomic mass is 10.2. The lowest BCUT2D eigenvalue weighted by molar-refractivity contribution is -0.137. The van der Waals surface area contributed by atoms with E-state index < -0.39 is 23.6 Å². The van der Waals surface area contributed by atoms with Gasteiger partial charge in [-0.3, -0.25) is 14.5 Å². The highest BCUT2D eigenvalue weighted by atomic mass is 32.1. The third-order valence-electron chi connectivity index (χ3n) is 4.52. The smallest absolute Gasteiger partial charge is 0.416 e. The molecule has 2 amide bonds. The first-order chi connectivity index (χ1) is 16.1. The number of hydrogen-bond donors (Lipinski definition) is 1. The number of thiazole rings is 1. The number of amides is 2. The molecular formula is C23H20F3N3O4S. The first-order valence-corrected chi connectivity index (χ1v) is 10.6. The lowest BCUT2D eigenvalue weighted by Gasteiger charge is -2.19. The standard InChI is InChI=1S/C23H20F3N3O4S/c1-14(30)29(17-6-4-5-15(11-17)23(24,25)26)22-27-16(13-34-22)7-10-21(31)28-19-12-18(32-2)8-9-20(19)33-3/h4-13H,1-3H3,(H,28,31)/b10-7+. The predicted octanol–water partition coefficient (Wildman–Crippen LogP) is 5.52. The lowest BCUT2D eigenvalue weighted by Crippen LogP contribution is -2.23. The van der Waals surface area contributed by atoms with Gasteiger partial charge in [-0.25, -0.2) is 4.98 Å². The molecule has 3 aromatic rings. The third-order valence-corrected chi connectivity index (χ3v) is 5.36. The van der Waals surface area contributed by atoms with Gasteiger partial charge in [-0.05, 0) is 36.4 Å². The van der Waals surface area contributed by atoms with Crippen molar-refractivity contribution >= 4 is 45.7 Å². The second kappa shape index (κ2) is 10.4.